The van der Waals surface area contributed by atoms with Crippen LogP contribution in [-0.4, -0.2) is 29.4 Å². The van der Waals surface area contributed by atoms with Crippen LogP contribution in [0.3, 0.4) is 0 Å². The number of halogens is 1. The molecule has 2 atom stereocenters. The molecule has 21 heavy (non-hydrogen) atoms. The molecule has 1 aromatic carbocycles. The maximum absolute atomic E-state index is 13.2. The lowest BCUT2D eigenvalue weighted by Gasteiger charge is -2.35. The van der Waals surface area contributed by atoms with E-state index in [1.54, 1.807) is 0 Å². The maximum Gasteiger partial charge on any atom is 0.234 e. The van der Waals surface area contributed by atoms with Gasteiger partial charge in [-0.15, -0.1) is 0 Å². The normalized spacial score (nSPS) is 23.9. The maximum atomic E-state index is 13.2. The molecule has 2 unspecified atom stereocenters. The lowest BCUT2D eigenvalue weighted by Crippen LogP contribution is -3.00. The largest absolute Gasteiger partial charge is 1.00 e. The fraction of sp³-hybridized carbons (Fsp3) is 0.588. The second-order valence-corrected chi connectivity index (χ2v) is 6.43. The van der Waals surface area contributed by atoms with Gasteiger partial charge >= 0.3 is 0 Å². The van der Waals surface area contributed by atoms with Gasteiger partial charge in [-0.1, -0.05) is 30.3 Å². The number of hydrogen-bond acceptors (Lipinski definition) is 1. The highest BCUT2D eigenvalue weighted by Gasteiger charge is 2.62. The van der Waals surface area contributed by atoms with E-state index in [-0.39, 0.29) is 35.8 Å². The van der Waals surface area contributed by atoms with Crippen LogP contribution in [0.15, 0.2) is 30.3 Å². The van der Waals surface area contributed by atoms with Crippen LogP contribution in [0.2, 0.25) is 0 Å². The van der Waals surface area contributed by atoms with Crippen molar-refractivity contribution >= 4 is 5.91 Å². The number of carbonyl (C=O) groups excluding carboxylic acids is 1. The molecule has 0 bridgehead atoms. The Balaban J connectivity index is 0.00000220. The summed E-state index contributed by atoms with van der Waals surface area (Å²) in [5.74, 6) is 0.666. The molecule has 0 spiro atoms. The van der Waals surface area contributed by atoms with E-state index in [0.717, 1.165) is 18.5 Å². The van der Waals surface area contributed by atoms with Crippen molar-refractivity contribution in [3.05, 3.63) is 35.9 Å². The Kier molecular flexibility index (Phi) is 5.83. The summed E-state index contributed by atoms with van der Waals surface area (Å²) in [5, 5.41) is 0. The van der Waals surface area contributed by atoms with Crippen molar-refractivity contribution in [1.82, 2.24) is 4.90 Å². The van der Waals surface area contributed by atoms with Crippen molar-refractivity contribution in [2.75, 3.05) is 6.54 Å². The lowest BCUT2D eigenvalue weighted by molar-refractivity contribution is -0.373. The van der Waals surface area contributed by atoms with E-state index >= 15 is 0 Å². The van der Waals surface area contributed by atoms with Gasteiger partial charge in [0.15, 0.2) is 0 Å². The molecule has 1 aliphatic carbocycles. The highest BCUT2D eigenvalue weighted by atomic mass is 35.5. The Morgan fingerprint density at radius 1 is 1.24 bits per heavy atom. The van der Waals surface area contributed by atoms with Gasteiger partial charge < -0.3 is 23.0 Å². The first-order valence-electron chi connectivity index (χ1n) is 7.62. The minimum atomic E-state index is -0.322. The Morgan fingerprint density at radius 3 is 2.14 bits per heavy atom. The molecule has 0 aromatic heterocycles. The molecule has 1 saturated carbocycles. The average Bonchev–Trinajstić information content (AvgIpc) is 3.14. The summed E-state index contributed by atoms with van der Waals surface area (Å²) in [7, 11) is 0. The van der Waals surface area contributed by atoms with Crippen LogP contribution in [0, 0.1) is 5.92 Å². The number of benzene rings is 1. The summed E-state index contributed by atoms with van der Waals surface area (Å²) in [4.78, 5) is 15.2. The molecule has 3 N–H and O–H groups in total. The van der Waals surface area contributed by atoms with Crippen LogP contribution < -0.4 is 18.1 Å². The van der Waals surface area contributed by atoms with Gasteiger partial charge in [0.05, 0.1) is 12.0 Å². The van der Waals surface area contributed by atoms with Crippen molar-refractivity contribution in [2.45, 2.75) is 51.6 Å². The molecule has 0 saturated heterocycles. The van der Waals surface area contributed by atoms with Gasteiger partial charge in [-0.2, -0.15) is 0 Å². The van der Waals surface area contributed by atoms with Gasteiger partial charge in [-0.05, 0) is 39.7 Å². The van der Waals surface area contributed by atoms with E-state index in [1.165, 1.54) is 0 Å². The van der Waals surface area contributed by atoms with Crippen molar-refractivity contribution in [3.63, 3.8) is 0 Å². The summed E-state index contributed by atoms with van der Waals surface area (Å²) in [6.07, 6.45) is 0.940. The molecule has 1 amide bonds. The molecule has 4 heteroatoms. The minimum absolute atomic E-state index is 0. The van der Waals surface area contributed by atoms with Gasteiger partial charge in [-0.3, -0.25) is 4.79 Å². The van der Waals surface area contributed by atoms with E-state index < -0.39 is 0 Å². The van der Waals surface area contributed by atoms with E-state index in [2.05, 4.69) is 45.6 Å². The van der Waals surface area contributed by atoms with Gasteiger partial charge in [-0.25, -0.2) is 0 Å². The van der Waals surface area contributed by atoms with Crippen LogP contribution in [0.1, 0.15) is 39.7 Å². The molecule has 1 aromatic rings. The fourth-order valence-corrected chi connectivity index (χ4v) is 3.45. The molecule has 0 aliphatic heterocycles. The Morgan fingerprint density at radius 2 is 1.76 bits per heavy atom. The molecule has 0 heterocycles. The van der Waals surface area contributed by atoms with Gasteiger partial charge in [0.25, 0.3) is 0 Å². The zero-order valence-corrected chi connectivity index (χ0v) is 14.2. The molecule has 2 rings (SSSR count). The third-order valence-electron chi connectivity index (χ3n) is 4.47. The quantitative estimate of drug-likeness (QED) is 0.732. The summed E-state index contributed by atoms with van der Waals surface area (Å²) in [6, 6.07) is 10.7. The van der Waals surface area contributed by atoms with Crippen LogP contribution in [0.4, 0.5) is 0 Å². The summed E-state index contributed by atoms with van der Waals surface area (Å²) in [6.45, 7) is 9.21. The average molecular weight is 311 g/mol. The molecular formula is C17H27ClN2O. The third kappa shape index (κ3) is 3.09. The van der Waals surface area contributed by atoms with Crippen LogP contribution in [0.25, 0.3) is 0 Å². The van der Waals surface area contributed by atoms with Crippen molar-refractivity contribution in [2.24, 2.45) is 5.92 Å². The molecular weight excluding hydrogens is 284 g/mol. The van der Waals surface area contributed by atoms with Crippen LogP contribution in [0.5, 0.6) is 0 Å². The standard InChI is InChI=1S/C17H26N2O.ClH/c1-12(2)19(13(3)4)16(20)17(10-15(17)11-18)14-8-6-5-7-9-14;/h5-9,12-13,15H,10-11,18H2,1-4H3;1H. The second-order valence-electron chi connectivity index (χ2n) is 6.43. The predicted octanol–water partition coefficient (Wildman–Crippen LogP) is -1.16. The monoisotopic (exact) mass is 310 g/mol. The molecule has 1 aliphatic rings. The third-order valence-corrected chi connectivity index (χ3v) is 4.47. The number of nitrogens with zero attached hydrogens (tertiary/aromatic N) is 1. The number of amides is 1. The first kappa shape index (κ1) is 18.0. The fourth-order valence-electron chi connectivity index (χ4n) is 3.45. The SMILES string of the molecule is CC(C)N(C(=O)C1(c2ccccc2)CC1C[NH3+])C(C)C.[Cl-]. The van der Waals surface area contributed by atoms with E-state index in [0.29, 0.717) is 5.92 Å². The first-order chi connectivity index (χ1) is 9.45. The highest BCUT2D eigenvalue weighted by Crippen LogP contribution is 2.55. The minimum Gasteiger partial charge on any atom is -1.00 e. The van der Waals surface area contributed by atoms with E-state index in [1.807, 2.05) is 23.1 Å². The Hall–Kier alpha value is -1.06. The Bertz CT molecular complexity index is 467. The zero-order chi connectivity index (χ0) is 14.9. The molecule has 1 fully saturated rings. The van der Waals surface area contributed by atoms with Crippen molar-refractivity contribution in [1.29, 1.82) is 0 Å². The summed E-state index contributed by atoms with van der Waals surface area (Å²) >= 11 is 0. The van der Waals surface area contributed by atoms with Crippen LogP contribution >= 0.6 is 0 Å². The van der Waals surface area contributed by atoms with Gasteiger partial charge in [0.1, 0.15) is 0 Å². The summed E-state index contributed by atoms with van der Waals surface area (Å²) in [5.41, 5.74) is 4.86. The van der Waals surface area contributed by atoms with Gasteiger partial charge in [0.2, 0.25) is 5.91 Å². The second kappa shape index (κ2) is 6.80. The smallest absolute Gasteiger partial charge is 0.234 e. The molecule has 118 valence electrons. The number of hydrogen-bond donors (Lipinski definition) is 1. The number of rotatable bonds is 5. The van der Waals surface area contributed by atoms with E-state index in [4.69, 9.17) is 0 Å². The lowest BCUT2D eigenvalue weighted by atomic mass is 9.90. The summed E-state index contributed by atoms with van der Waals surface area (Å²) < 4.78 is 0. The first-order valence-corrected chi connectivity index (χ1v) is 7.62. The highest BCUT2D eigenvalue weighted by molar-refractivity contribution is 5.92. The predicted molar refractivity (Wildman–Crippen MR) is 81.1 cm³/mol. The van der Waals surface area contributed by atoms with E-state index in [9.17, 15) is 4.79 Å². The Labute approximate surface area is 134 Å². The molecule has 0 radical (unpaired) electrons. The van der Waals surface area contributed by atoms with Crippen molar-refractivity contribution in [3.8, 4) is 0 Å². The van der Waals surface area contributed by atoms with Crippen molar-refractivity contribution < 1.29 is 22.9 Å². The van der Waals surface area contributed by atoms with Crippen LogP contribution in [-0.2, 0) is 10.2 Å². The number of carbonyl (C=O) groups is 1. The van der Waals surface area contributed by atoms with Gasteiger partial charge in [0, 0.05) is 18.0 Å². The number of quaternary nitrogens is 1. The topological polar surface area (TPSA) is 48.0 Å². The molecule has 3 nitrogen and oxygen atoms in total. The zero-order valence-electron chi connectivity index (χ0n) is 13.5.